The van der Waals surface area contributed by atoms with Crippen LogP contribution in [0.3, 0.4) is 0 Å². The molecular weight excluding hydrogens is 418 g/mol. The van der Waals surface area contributed by atoms with E-state index in [0.29, 0.717) is 32.1 Å². The van der Waals surface area contributed by atoms with Crippen LogP contribution in [0.1, 0.15) is 24.8 Å². The van der Waals surface area contributed by atoms with E-state index < -0.39 is 17.7 Å². The average Bonchev–Trinajstić information content (AvgIpc) is 2.80. The lowest BCUT2D eigenvalue weighted by atomic mass is 9.95. The zero-order chi connectivity index (χ0) is 22.5. The van der Waals surface area contributed by atoms with E-state index in [2.05, 4.69) is 10.2 Å². The summed E-state index contributed by atoms with van der Waals surface area (Å²) in [6.07, 6.45) is 1.97. The highest BCUT2D eigenvalue weighted by atomic mass is 19.2. The maximum absolute atomic E-state index is 14.2. The van der Waals surface area contributed by atoms with Crippen LogP contribution in [0.25, 0.3) is 0 Å². The molecule has 0 spiro atoms. The first-order valence-corrected chi connectivity index (χ1v) is 11.5. The highest BCUT2D eigenvalue weighted by molar-refractivity contribution is 5.88. The Morgan fingerprint density at radius 2 is 1.84 bits per heavy atom. The number of nitrogens with zero attached hydrogens (tertiary/aromatic N) is 3. The second-order valence-corrected chi connectivity index (χ2v) is 8.93. The lowest BCUT2D eigenvalue weighted by Gasteiger charge is -2.38. The number of nitrogens with one attached hydrogen (secondary N) is 1. The van der Waals surface area contributed by atoms with E-state index in [9.17, 15) is 18.4 Å². The van der Waals surface area contributed by atoms with E-state index in [1.165, 1.54) is 12.1 Å². The summed E-state index contributed by atoms with van der Waals surface area (Å²) in [5, 5.41) is 2.80. The van der Waals surface area contributed by atoms with Crippen LogP contribution in [0.2, 0.25) is 0 Å². The van der Waals surface area contributed by atoms with Crippen LogP contribution in [0.4, 0.5) is 8.78 Å². The number of hydrogen-bond donors (Lipinski definition) is 1. The number of rotatable bonds is 6. The van der Waals surface area contributed by atoms with Gasteiger partial charge in [0.25, 0.3) is 0 Å². The van der Waals surface area contributed by atoms with Gasteiger partial charge in [-0.1, -0.05) is 12.1 Å². The van der Waals surface area contributed by atoms with E-state index in [-0.39, 0.29) is 30.3 Å². The van der Waals surface area contributed by atoms with Gasteiger partial charge in [0.2, 0.25) is 11.8 Å². The van der Waals surface area contributed by atoms with E-state index >= 15 is 0 Å². The molecule has 3 heterocycles. The van der Waals surface area contributed by atoms with Crippen molar-refractivity contribution in [1.82, 2.24) is 20.0 Å². The number of amides is 2. The topological polar surface area (TPSA) is 65.1 Å². The summed E-state index contributed by atoms with van der Waals surface area (Å²) in [6.45, 7) is 6.96. The fraction of sp³-hybridized carbons (Fsp3) is 0.652. The zero-order valence-electron chi connectivity index (χ0n) is 18.4. The standard InChI is InChI=1S/C23H32F2N4O3/c24-19-3-1-2-18(22(19)25)16-29-9-6-26-23(31)20(29)14-21(30)28-7-4-17(5-8-28)15-27-10-12-32-13-11-27/h1-3,17,20H,4-16H2,(H,26,31)/t20-/m0/s1. The molecule has 0 aromatic heterocycles. The smallest absolute Gasteiger partial charge is 0.237 e. The molecule has 1 aromatic rings. The maximum Gasteiger partial charge on any atom is 0.237 e. The number of carbonyl (C=O) groups is 2. The van der Waals surface area contributed by atoms with Gasteiger partial charge in [0.05, 0.1) is 25.7 Å². The molecule has 1 atom stereocenters. The Bertz CT molecular complexity index is 810. The van der Waals surface area contributed by atoms with Crippen LogP contribution in [0.5, 0.6) is 0 Å². The number of halogens is 2. The molecule has 3 aliphatic heterocycles. The van der Waals surface area contributed by atoms with Gasteiger partial charge in [0.1, 0.15) is 0 Å². The first-order chi connectivity index (χ1) is 15.5. The second kappa shape index (κ2) is 10.7. The minimum Gasteiger partial charge on any atom is -0.379 e. The van der Waals surface area contributed by atoms with Crippen molar-refractivity contribution in [3.8, 4) is 0 Å². The van der Waals surface area contributed by atoms with E-state index in [1.54, 1.807) is 4.90 Å². The number of morpholine rings is 1. The summed E-state index contributed by atoms with van der Waals surface area (Å²) in [5.74, 6) is -1.52. The fourth-order valence-corrected chi connectivity index (χ4v) is 4.87. The Morgan fingerprint density at radius 3 is 2.59 bits per heavy atom. The SMILES string of the molecule is O=C1NCCN(Cc2cccc(F)c2F)[C@H]1CC(=O)N1CCC(CN2CCOCC2)CC1. The Hall–Kier alpha value is -2.10. The monoisotopic (exact) mass is 450 g/mol. The molecule has 176 valence electrons. The van der Waals surface area contributed by atoms with Gasteiger partial charge in [-0.3, -0.25) is 19.4 Å². The Labute approximate surface area is 187 Å². The Kier molecular flexibility index (Phi) is 7.70. The molecule has 32 heavy (non-hydrogen) atoms. The number of piperazine rings is 1. The number of carbonyl (C=O) groups excluding carboxylic acids is 2. The number of benzene rings is 1. The number of hydrogen-bond acceptors (Lipinski definition) is 5. The lowest BCUT2D eigenvalue weighted by molar-refractivity contribution is -0.140. The average molecular weight is 451 g/mol. The number of piperidine rings is 1. The normalized spacial score (nSPS) is 23.9. The number of ether oxygens (including phenoxy) is 1. The molecule has 0 saturated carbocycles. The predicted molar refractivity (Wildman–Crippen MR) is 115 cm³/mol. The van der Waals surface area contributed by atoms with Crippen molar-refractivity contribution in [3.05, 3.63) is 35.4 Å². The van der Waals surface area contributed by atoms with Crippen LogP contribution >= 0.6 is 0 Å². The molecule has 0 radical (unpaired) electrons. The highest BCUT2D eigenvalue weighted by Gasteiger charge is 2.34. The first-order valence-electron chi connectivity index (χ1n) is 11.5. The molecule has 2 amide bonds. The maximum atomic E-state index is 14.2. The van der Waals surface area contributed by atoms with Gasteiger partial charge in [0.15, 0.2) is 11.6 Å². The van der Waals surface area contributed by atoms with Crippen LogP contribution in [-0.2, 0) is 20.9 Å². The fourth-order valence-electron chi connectivity index (χ4n) is 4.87. The minimum atomic E-state index is -0.906. The Morgan fingerprint density at radius 1 is 1.09 bits per heavy atom. The van der Waals surface area contributed by atoms with E-state index in [4.69, 9.17) is 4.74 Å². The van der Waals surface area contributed by atoms with Crippen molar-refractivity contribution >= 4 is 11.8 Å². The summed E-state index contributed by atoms with van der Waals surface area (Å²) in [5.41, 5.74) is 0.195. The third-order valence-electron chi connectivity index (χ3n) is 6.80. The summed E-state index contributed by atoms with van der Waals surface area (Å²) in [7, 11) is 0. The molecule has 3 aliphatic rings. The minimum absolute atomic E-state index is 0.0525. The summed E-state index contributed by atoms with van der Waals surface area (Å²) in [6, 6.07) is 3.37. The van der Waals surface area contributed by atoms with Gasteiger partial charge in [-0.2, -0.15) is 0 Å². The van der Waals surface area contributed by atoms with Gasteiger partial charge < -0.3 is 15.0 Å². The highest BCUT2D eigenvalue weighted by Crippen LogP contribution is 2.22. The molecule has 4 rings (SSSR count). The molecule has 0 unspecified atom stereocenters. The van der Waals surface area contributed by atoms with Crippen molar-refractivity contribution in [2.45, 2.75) is 31.8 Å². The molecule has 3 saturated heterocycles. The van der Waals surface area contributed by atoms with Gasteiger partial charge in [0, 0.05) is 57.9 Å². The molecule has 0 aliphatic carbocycles. The second-order valence-electron chi connectivity index (χ2n) is 8.93. The lowest BCUT2D eigenvalue weighted by Crippen LogP contribution is -2.56. The van der Waals surface area contributed by atoms with E-state index in [1.807, 2.05) is 4.90 Å². The van der Waals surface area contributed by atoms with Crippen LogP contribution in [0, 0.1) is 17.6 Å². The molecular formula is C23H32F2N4O3. The first kappa shape index (κ1) is 23.1. The molecule has 1 N–H and O–H groups in total. The third kappa shape index (κ3) is 5.63. The summed E-state index contributed by atoms with van der Waals surface area (Å²) >= 11 is 0. The Balaban J connectivity index is 1.31. The molecule has 7 nitrogen and oxygen atoms in total. The van der Waals surface area contributed by atoms with Crippen molar-refractivity contribution in [2.24, 2.45) is 5.92 Å². The van der Waals surface area contributed by atoms with Crippen molar-refractivity contribution in [1.29, 1.82) is 0 Å². The third-order valence-corrected chi connectivity index (χ3v) is 6.80. The van der Waals surface area contributed by atoms with Crippen molar-refractivity contribution in [2.75, 3.05) is 59.0 Å². The van der Waals surface area contributed by atoms with Crippen molar-refractivity contribution in [3.63, 3.8) is 0 Å². The van der Waals surface area contributed by atoms with E-state index in [0.717, 1.165) is 51.8 Å². The zero-order valence-corrected chi connectivity index (χ0v) is 18.4. The van der Waals surface area contributed by atoms with Gasteiger partial charge in [-0.25, -0.2) is 8.78 Å². The molecule has 9 heteroatoms. The summed E-state index contributed by atoms with van der Waals surface area (Å²) in [4.78, 5) is 31.6. The van der Waals surface area contributed by atoms with Gasteiger partial charge >= 0.3 is 0 Å². The molecule has 3 fully saturated rings. The van der Waals surface area contributed by atoms with Crippen LogP contribution in [0.15, 0.2) is 18.2 Å². The van der Waals surface area contributed by atoms with Crippen molar-refractivity contribution < 1.29 is 23.1 Å². The molecule has 0 bridgehead atoms. The quantitative estimate of drug-likeness (QED) is 0.706. The van der Waals surface area contributed by atoms with Gasteiger partial charge in [-0.15, -0.1) is 0 Å². The number of likely N-dealkylation sites (tertiary alicyclic amines) is 1. The van der Waals surface area contributed by atoms with Crippen LogP contribution < -0.4 is 5.32 Å². The summed E-state index contributed by atoms with van der Waals surface area (Å²) < 4.78 is 33.2. The van der Waals surface area contributed by atoms with Gasteiger partial charge in [-0.05, 0) is 24.8 Å². The molecule has 1 aromatic carbocycles. The van der Waals surface area contributed by atoms with Crippen LogP contribution in [-0.4, -0.2) is 91.6 Å². The predicted octanol–water partition coefficient (Wildman–Crippen LogP) is 1.23. The largest absolute Gasteiger partial charge is 0.379 e.